The lowest BCUT2D eigenvalue weighted by Gasteiger charge is -2.35. The van der Waals surface area contributed by atoms with Crippen LogP contribution in [0.15, 0.2) is 42.7 Å². The van der Waals surface area contributed by atoms with Crippen LogP contribution in [0, 0.1) is 23.2 Å². The van der Waals surface area contributed by atoms with Gasteiger partial charge in [-0.3, -0.25) is 9.78 Å². The number of rotatable bonds is 3. The van der Waals surface area contributed by atoms with Crippen molar-refractivity contribution in [3.63, 3.8) is 0 Å². The Kier molecular flexibility index (Phi) is 3.62. The maximum absolute atomic E-state index is 13.3. The van der Waals surface area contributed by atoms with Gasteiger partial charge in [0.1, 0.15) is 0 Å². The van der Waals surface area contributed by atoms with Crippen LogP contribution in [0.3, 0.4) is 0 Å². The van der Waals surface area contributed by atoms with E-state index in [0.29, 0.717) is 33.5 Å². The van der Waals surface area contributed by atoms with Crippen LogP contribution in [0.1, 0.15) is 24.3 Å². The summed E-state index contributed by atoms with van der Waals surface area (Å²) in [4.78, 5) is 17.4. The van der Waals surface area contributed by atoms with E-state index in [-0.39, 0.29) is 11.8 Å². The molecule has 3 aliphatic carbocycles. The molecule has 5 rings (SSSR count). The molecule has 3 saturated carbocycles. The van der Waals surface area contributed by atoms with E-state index in [1.165, 1.54) is 0 Å². The third kappa shape index (κ3) is 2.32. The zero-order valence-corrected chi connectivity index (χ0v) is 15.4. The van der Waals surface area contributed by atoms with E-state index >= 15 is 0 Å². The topological polar surface area (TPSA) is 62.2 Å². The van der Waals surface area contributed by atoms with Gasteiger partial charge in [-0.25, -0.2) is 0 Å². The predicted molar refractivity (Wildman–Crippen MR) is 100 cm³/mol. The number of fused-ring (bicyclic) bond motifs is 3. The monoisotopic (exact) mass is 388 g/mol. The summed E-state index contributed by atoms with van der Waals surface area (Å²) in [5.41, 5.74) is 1.07. The summed E-state index contributed by atoms with van der Waals surface area (Å²) in [5.74, 6) is 0.917. The normalized spacial score (nSPS) is 36.7. The Hall–Kier alpha value is -1.62. The van der Waals surface area contributed by atoms with Crippen LogP contribution in [0.5, 0.6) is 0 Å². The lowest BCUT2D eigenvalue weighted by atomic mass is 9.72. The third-order valence-corrected chi connectivity index (χ3v) is 7.21. The maximum Gasteiger partial charge on any atom is 0.231 e. The smallest absolute Gasteiger partial charge is 0.231 e. The van der Waals surface area contributed by atoms with E-state index in [2.05, 4.69) is 10.3 Å². The highest BCUT2D eigenvalue weighted by Crippen LogP contribution is 2.76. The number of nitrogens with one attached hydrogen (secondary N) is 1. The average Bonchev–Trinajstić information content (AvgIpc) is 3.51. The van der Waals surface area contributed by atoms with Gasteiger partial charge < -0.3 is 10.4 Å². The molecule has 26 heavy (non-hydrogen) atoms. The Morgan fingerprint density at radius 2 is 1.92 bits per heavy atom. The van der Waals surface area contributed by atoms with Gasteiger partial charge in [-0.15, -0.1) is 0 Å². The van der Waals surface area contributed by atoms with Gasteiger partial charge in [-0.05, 0) is 66.5 Å². The van der Waals surface area contributed by atoms with Gasteiger partial charge in [-0.1, -0.05) is 23.2 Å². The molecule has 0 radical (unpaired) electrons. The number of nitrogens with zero attached hydrogens (tertiary/aromatic N) is 1. The summed E-state index contributed by atoms with van der Waals surface area (Å²) in [6.45, 7) is 0. The Morgan fingerprint density at radius 3 is 2.65 bits per heavy atom. The number of hydrogen-bond donors (Lipinski definition) is 2. The zero-order valence-electron chi connectivity index (χ0n) is 13.9. The minimum Gasteiger partial charge on any atom is -0.392 e. The van der Waals surface area contributed by atoms with Gasteiger partial charge in [0.05, 0.1) is 21.6 Å². The number of halogens is 2. The largest absolute Gasteiger partial charge is 0.392 e. The van der Waals surface area contributed by atoms with Crippen LogP contribution in [0.25, 0.3) is 0 Å². The van der Waals surface area contributed by atoms with E-state index in [1.54, 1.807) is 30.6 Å². The first-order valence-corrected chi connectivity index (χ1v) is 9.62. The summed E-state index contributed by atoms with van der Waals surface area (Å²) >= 11 is 12.0. The van der Waals surface area contributed by atoms with Gasteiger partial charge in [0.25, 0.3) is 0 Å². The minimum absolute atomic E-state index is 0.0351. The van der Waals surface area contributed by atoms with Gasteiger partial charge in [0, 0.05) is 24.0 Å². The van der Waals surface area contributed by atoms with E-state index in [9.17, 15) is 9.90 Å². The van der Waals surface area contributed by atoms with Crippen LogP contribution < -0.4 is 5.32 Å². The second-order valence-electron chi connectivity index (χ2n) is 7.75. The summed E-state index contributed by atoms with van der Waals surface area (Å²) in [5, 5.41) is 14.8. The number of amides is 1. The molecule has 1 aromatic heterocycles. The van der Waals surface area contributed by atoms with Gasteiger partial charge in [0.2, 0.25) is 5.91 Å². The molecule has 3 aliphatic rings. The number of aliphatic hydroxyl groups is 1. The van der Waals surface area contributed by atoms with Crippen molar-refractivity contribution in [1.29, 1.82) is 0 Å². The van der Waals surface area contributed by atoms with E-state index in [1.807, 2.05) is 12.1 Å². The van der Waals surface area contributed by atoms with Crippen molar-refractivity contribution in [1.82, 2.24) is 4.98 Å². The molecule has 2 N–H and O–H groups in total. The van der Waals surface area contributed by atoms with Crippen molar-refractivity contribution in [3.05, 3.63) is 58.3 Å². The Balaban J connectivity index is 1.49. The van der Waals surface area contributed by atoms with Gasteiger partial charge in [-0.2, -0.15) is 0 Å². The highest BCUT2D eigenvalue weighted by molar-refractivity contribution is 6.42. The molecule has 4 nitrogen and oxygen atoms in total. The van der Waals surface area contributed by atoms with Crippen LogP contribution >= 0.6 is 23.2 Å². The summed E-state index contributed by atoms with van der Waals surface area (Å²) in [6, 6.07) is 8.92. The molecule has 3 fully saturated rings. The highest BCUT2D eigenvalue weighted by Gasteiger charge is 2.76. The molecular weight excluding hydrogens is 371 g/mol. The summed E-state index contributed by atoms with van der Waals surface area (Å²) < 4.78 is 0. The molecule has 6 atom stereocenters. The van der Waals surface area contributed by atoms with Crippen LogP contribution in [0.4, 0.5) is 5.69 Å². The minimum atomic E-state index is -0.551. The molecule has 0 bridgehead atoms. The van der Waals surface area contributed by atoms with Crippen molar-refractivity contribution >= 4 is 34.8 Å². The first kappa shape index (κ1) is 16.5. The lowest BCUT2D eigenvalue weighted by Crippen LogP contribution is -2.41. The Bertz CT molecular complexity index is 891. The molecule has 0 saturated heterocycles. The molecule has 0 unspecified atom stereocenters. The average molecular weight is 389 g/mol. The zero-order chi connectivity index (χ0) is 18.1. The number of carbonyl (C=O) groups excluding carboxylic acids is 1. The predicted octanol–water partition coefficient (Wildman–Crippen LogP) is 4.13. The molecular formula is C20H18Cl2N2O2. The fourth-order valence-electron chi connectivity index (χ4n) is 5.13. The van der Waals surface area contributed by atoms with Gasteiger partial charge >= 0.3 is 0 Å². The molecule has 1 amide bonds. The molecule has 2 aromatic rings. The quantitative estimate of drug-likeness (QED) is 0.830. The fraction of sp³-hybridized carbons (Fsp3) is 0.400. The summed E-state index contributed by atoms with van der Waals surface area (Å²) in [7, 11) is 0. The molecule has 0 spiro atoms. The molecule has 134 valence electrons. The van der Waals surface area contributed by atoms with Crippen molar-refractivity contribution in [3.8, 4) is 0 Å². The Labute approximate surface area is 161 Å². The lowest BCUT2D eigenvalue weighted by molar-refractivity contribution is -0.125. The standard InChI is InChI=1S/C20H18Cl2N2O2/c21-15-2-1-11(7-16(15)22)24-19(26)20-9-14(20)12-8-13(12)18(25)17(20)10-3-5-23-6-4-10/h1-7,12-14,17-18,25H,8-9H2,(H,24,26)/t12-,13+,14-,17+,18+,20-/m1/s1. The highest BCUT2D eigenvalue weighted by atomic mass is 35.5. The van der Waals surface area contributed by atoms with E-state index in [0.717, 1.165) is 18.4 Å². The van der Waals surface area contributed by atoms with Crippen molar-refractivity contribution in [2.75, 3.05) is 5.32 Å². The Morgan fingerprint density at radius 1 is 1.15 bits per heavy atom. The van der Waals surface area contributed by atoms with Crippen molar-refractivity contribution in [2.45, 2.75) is 24.9 Å². The second kappa shape index (κ2) is 5.69. The molecule has 1 aromatic carbocycles. The summed E-state index contributed by atoms with van der Waals surface area (Å²) in [6.07, 6.45) is 4.81. The number of aromatic nitrogens is 1. The van der Waals surface area contributed by atoms with Crippen LogP contribution in [-0.4, -0.2) is 22.1 Å². The number of benzene rings is 1. The SMILES string of the molecule is O=C(Nc1ccc(Cl)c(Cl)c1)[C@]12C[C@@H]1[C@@H]1C[C@@H]1[C@H](O)[C@@H]2c1ccncc1. The number of anilines is 1. The first-order valence-electron chi connectivity index (χ1n) is 8.87. The van der Waals surface area contributed by atoms with Crippen molar-refractivity contribution < 1.29 is 9.90 Å². The number of carbonyl (C=O) groups is 1. The van der Waals surface area contributed by atoms with Gasteiger partial charge in [0.15, 0.2) is 0 Å². The van der Waals surface area contributed by atoms with Crippen molar-refractivity contribution in [2.24, 2.45) is 23.2 Å². The van der Waals surface area contributed by atoms with E-state index in [4.69, 9.17) is 23.2 Å². The maximum atomic E-state index is 13.3. The second-order valence-corrected chi connectivity index (χ2v) is 8.56. The number of aliphatic hydroxyl groups excluding tert-OH is 1. The number of pyridine rings is 1. The van der Waals surface area contributed by atoms with E-state index < -0.39 is 11.5 Å². The van der Waals surface area contributed by atoms with Crippen LogP contribution in [0.2, 0.25) is 10.0 Å². The third-order valence-electron chi connectivity index (χ3n) is 6.47. The van der Waals surface area contributed by atoms with Crippen LogP contribution in [-0.2, 0) is 4.79 Å². The first-order chi connectivity index (χ1) is 12.5. The molecule has 1 heterocycles. The fourth-order valence-corrected chi connectivity index (χ4v) is 5.43. The number of hydrogen-bond acceptors (Lipinski definition) is 3. The molecule has 6 heteroatoms. The molecule has 0 aliphatic heterocycles.